The standard InChI is InChI=1S/C46H67N3O8Si/c1-12-17-24-54-34-28-30(33-20-19-23-48(33)16-5)40(53-9)31-26-29-27-32-38(49(21-14-3)22-15-4)41-37(44(47-56-41)55-25-18-13-2)43(52)46(32,57-58(10,11)45(6,7)8)42(51)35(29)39(50)36(31)34/h14-15,28-29,32-33,38,51H,3-4,12-13,16-27H2,1-2,5-11H3/t29-,32-,33?,38-,46-/m0/s1. The van der Waals surface area contributed by atoms with E-state index in [1.54, 1.807) is 7.11 Å². The highest BCUT2D eigenvalue weighted by molar-refractivity contribution is 6.74. The van der Waals surface area contributed by atoms with Crippen LogP contribution in [0.3, 0.4) is 0 Å². The van der Waals surface area contributed by atoms with E-state index in [-0.39, 0.29) is 39.6 Å². The predicted molar refractivity (Wildman–Crippen MR) is 229 cm³/mol. The molecule has 1 fully saturated rings. The number of fused-ring (bicyclic) bond motifs is 4. The third-order valence-corrected chi connectivity index (χ3v) is 17.9. The summed E-state index contributed by atoms with van der Waals surface area (Å²) in [5, 5.41) is 17.2. The molecule has 0 bridgehead atoms. The molecule has 1 aromatic heterocycles. The topological polar surface area (TPSA) is 124 Å². The summed E-state index contributed by atoms with van der Waals surface area (Å²) >= 11 is 0. The normalized spacial score (nSPS) is 24.7. The first-order chi connectivity index (χ1) is 27.7. The molecule has 3 aliphatic carbocycles. The molecular weight excluding hydrogens is 751 g/mol. The van der Waals surface area contributed by atoms with Crippen LogP contribution in [0.5, 0.6) is 17.4 Å². The number of benzene rings is 1. The number of carbonyl (C=O) groups excluding carboxylic acids is 2. The second-order valence-corrected chi connectivity index (χ2v) is 22.7. The average molecular weight is 818 g/mol. The zero-order valence-electron chi connectivity index (χ0n) is 36.5. The van der Waals surface area contributed by atoms with Gasteiger partial charge in [-0.2, -0.15) is 0 Å². The molecule has 0 spiro atoms. The predicted octanol–water partition coefficient (Wildman–Crippen LogP) is 9.76. The molecule has 1 N–H and O–H groups in total. The second-order valence-electron chi connectivity index (χ2n) is 18.0. The second kappa shape index (κ2) is 17.5. The van der Waals surface area contributed by atoms with Crippen molar-refractivity contribution in [1.29, 1.82) is 0 Å². The number of carbonyl (C=O) groups is 2. The fraction of sp³-hybridized carbons (Fsp3) is 0.630. The van der Waals surface area contributed by atoms with Crippen LogP contribution in [0.1, 0.15) is 136 Å². The number of methoxy groups -OCH3 is 1. The molecule has 2 aromatic rings. The fourth-order valence-electron chi connectivity index (χ4n) is 9.55. The van der Waals surface area contributed by atoms with Crippen LogP contribution < -0.4 is 14.2 Å². The SMILES string of the molecule is C=CCN(CC=C)[C@@H]1c2onc(OCCCC)c2C(=O)[C@@]2(O[Si](C)(C)C(C)(C)C)C(O)=C3C(=O)c4c(OCCCC)cc(C5CCCN5CC)c(OC)c4C[C@H]3C[C@@H]12. The van der Waals surface area contributed by atoms with Gasteiger partial charge < -0.3 is 28.3 Å². The lowest BCUT2D eigenvalue weighted by atomic mass is 9.58. The molecular formula is C46H67N3O8Si. The molecule has 0 radical (unpaired) electrons. The number of hydrogen-bond acceptors (Lipinski definition) is 11. The smallest absolute Gasteiger partial charge is 0.265 e. The van der Waals surface area contributed by atoms with Gasteiger partial charge in [-0.25, -0.2) is 0 Å². The van der Waals surface area contributed by atoms with Crippen molar-refractivity contribution in [1.82, 2.24) is 15.0 Å². The van der Waals surface area contributed by atoms with Crippen molar-refractivity contribution < 1.29 is 37.9 Å². The molecule has 6 rings (SSSR count). The molecule has 12 heteroatoms. The van der Waals surface area contributed by atoms with Crippen LogP contribution in [0.2, 0.25) is 18.1 Å². The quantitative estimate of drug-likeness (QED) is 0.0879. The number of aliphatic hydroxyl groups is 1. The van der Waals surface area contributed by atoms with Crippen molar-refractivity contribution in [3.8, 4) is 17.4 Å². The lowest BCUT2D eigenvalue weighted by molar-refractivity contribution is -0.0525. The zero-order valence-corrected chi connectivity index (χ0v) is 37.5. The number of ether oxygens (including phenoxy) is 3. The number of ketones is 2. The molecule has 58 heavy (non-hydrogen) atoms. The molecule has 0 saturated carbocycles. The van der Waals surface area contributed by atoms with Crippen LogP contribution >= 0.6 is 0 Å². The number of Topliss-reactive ketones (excluding diaryl/α,β-unsaturated/α-hetero) is 2. The Morgan fingerprint density at radius 1 is 1.07 bits per heavy atom. The number of allylic oxidation sites excluding steroid dienone is 1. The Labute approximate surface area is 346 Å². The fourth-order valence-corrected chi connectivity index (χ4v) is 11.0. The molecule has 5 atom stereocenters. The van der Waals surface area contributed by atoms with Gasteiger partial charge in [0, 0.05) is 41.7 Å². The largest absolute Gasteiger partial charge is 0.508 e. The molecule has 1 aliphatic heterocycles. The molecule has 4 aliphatic rings. The maximum Gasteiger partial charge on any atom is 0.265 e. The van der Waals surface area contributed by atoms with Crippen molar-refractivity contribution in [2.75, 3.05) is 46.5 Å². The lowest BCUT2D eigenvalue weighted by Gasteiger charge is -2.55. The number of rotatable bonds is 18. The van der Waals surface area contributed by atoms with Gasteiger partial charge in [0.2, 0.25) is 5.78 Å². The molecule has 0 amide bonds. The van der Waals surface area contributed by atoms with Crippen LogP contribution in [0.25, 0.3) is 0 Å². The van der Waals surface area contributed by atoms with Crippen LogP contribution in [-0.2, 0) is 10.8 Å². The van der Waals surface area contributed by atoms with E-state index in [4.69, 9.17) is 23.2 Å². The Kier molecular flexibility index (Phi) is 13.2. The maximum atomic E-state index is 15.7. The third-order valence-electron chi connectivity index (χ3n) is 13.4. The number of aromatic nitrogens is 1. The summed E-state index contributed by atoms with van der Waals surface area (Å²) in [5.41, 5.74) is 0.624. The minimum absolute atomic E-state index is 0.0735. The van der Waals surface area contributed by atoms with Gasteiger partial charge in [-0.05, 0) is 86.9 Å². The Hall–Kier alpha value is -3.71. The summed E-state index contributed by atoms with van der Waals surface area (Å²) in [7, 11) is -1.22. The highest BCUT2D eigenvalue weighted by Crippen LogP contribution is 2.61. The highest BCUT2D eigenvalue weighted by Gasteiger charge is 2.67. The van der Waals surface area contributed by atoms with Crippen molar-refractivity contribution >= 4 is 19.9 Å². The van der Waals surface area contributed by atoms with E-state index in [0.717, 1.165) is 62.7 Å². The number of hydrogen-bond donors (Lipinski definition) is 1. The average Bonchev–Trinajstić information content (AvgIpc) is 3.83. The maximum absolute atomic E-state index is 15.7. The van der Waals surface area contributed by atoms with Crippen LogP contribution in [0.4, 0.5) is 0 Å². The van der Waals surface area contributed by atoms with Gasteiger partial charge in [0.1, 0.15) is 22.8 Å². The summed E-state index contributed by atoms with van der Waals surface area (Å²) < 4.78 is 32.5. The first-order valence-corrected chi connectivity index (χ1v) is 24.5. The highest BCUT2D eigenvalue weighted by atomic mass is 28.4. The Balaban J connectivity index is 1.64. The van der Waals surface area contributed by atoms with Crippen molar-refractivity contribution in [2.24, 2.45) is 11.8 Å². The Bertz CT molecular complexity index is 1900. The molecule has 1 unspecified atom stereocenters. The van der Waals surface area contributed by atoms with Gasteiger partial charge in [0.15, 0.2) is 25.5 Å². The molecule has 318 valence electrons. The van der Waals surface area contributed by atoms with E-state index >= 15 is 9.59 Å². The number of likely N-dealkylation sites (tertiary alicyclic amines) is 1. The lowest BCUT2D eigenvalue weighted by Crippen LogP contribution is -2.65. The number of aliphatic hydroxyl groups excluding tert-OH is 1. The van der Waals surface area contributed by atoms with E-state index in [9.17, 15) is 5.11 Å². The van der Waals surface area contributed by atoms with Crippen LogP contribution in [0.15, 0.2) is 47.2 Å². The van der Waals surface area contributed by atoms with Gasteiger partial charge in [0.25, 0.3) is 5.88 Å². The van der Waals surface area contributed by atoms with Crippen molar-refractivity contribution in [3.63, 3.8) is 0 Å². The molecule has 1 saturated heterocycles. The van der Waals surface area contributed by atoms with Gasteiger partial charge in [-0.15, -0.1) is 13.2 Å². The summed E-state index contributed by atoms with van der Waals surface area (Å²) in [5.74, 6) is -0.685. The Morgan fingerprint density at radius 3 is 2.34 bits per heavy atom. The minimum atomic E-state index is -2.90. The first kappa shape index (κ1) is 43.9. The summed E-state index contributed by atoms with van der Waals surface area (Å²) in [6.07, 6.45) is 9.81. The number of nitrogens with zero attached hydrogens (tertiary/aromatic N) is 3. The van der Waals surface area contributed by atoms with Gasteiger partial charge in [0.05, 0.1) is 31.9 Å². The summed E-state index contributed by atoms with van der Waals surface area (Å²) in [6.45, 7) is 28.5. The van der Waals surface area contributed by atoms with Crippen molar-refractivity contribution in [3.05, 3.63) is 70.7 Å². The van der Waals surface area contributed by atoms with Crippen LogP contribution in [0, 0.1) is 11.8 Å². The third kappa shape index (κ3) is 7.40. The molecule has 2 heterocycles. The van der Waals surface area contributed by atoms with Gasteiger partial charge in [-0.3, -0.25) is 19.4 Å². The number of unbranched alkanes of at least 4 members (excludes halogenated alkanes) is 2. The first-order valence-electron chi connectivity index (χ1n) is 21.6. The minimum Gasteiger partial charge on any atom is -0.508 e. The zero-order chi connectivity index (χ0) is 42.2. The van der Waals surface area contributed by atoms with Crippen LogP contribution in [-0.4, -0.2) is 92.1 Å². The van der Waals surface area contributed by atoms with E-state index in [0.29, 0.717) is 62.0 Å². The van der Waals surface area contributed by atoms with E-state index in [2.05, 4.69) is 82.8 Å². The molecule has 11 nitrogen and oxygen atoms in total. The van der Waals surface area contributed by atoms with Gasteiger partial charge >= 0.3 is 0 Å². The van der Waals surface area contributed by atoms with Gasteiger partial charge in [-0.1, -0.05) is 66.5 Å². The Morgan fingerprint density at radius 2 is 1.74 bits per heavy atom. The monoisotopic (exact) mass is 817 g/mol. The van der Waals surface area contributed by atoms with E-state index in [1.165, 1.54) is 0 Å². The van der Waals surface area contributed by atoms with E-state index in [1.807, 2.05) is 18.2 Å². The van der Waals surface area contributed by atoms with Crippen molar-refractivity contribution in [2.45, 2.75) is 129 Å². The summed E-state index contributed by atoms with van der Waals surface area (Å²) in [6, 6.07) is 1.52. The summed E-state index contributed by atoms with van der Waals surface area (Å²) in [4.78, 5) is 35.8. The molecule has 1 aromatic carbocycles. The van der Waals surface area contributed by atoms with E-state index < -0.39 is 37.6 Å².